The quantitative estimate of drug-likeness (QED) is 0.478. The molecule has 0 aromatic heterocycles. The van der Waals surface area contributed by atoms with E-state index in [1.807, 2.05) is 24.3 Å². The molecule has 2 aliphatic carbocycles. The topological polar surface area (TPSA) is 105 Å². The first-order valence-electron chi connectivity index (χ1n) is 12.5. The monoisotopic (exact) mass is 478 g/mol. The Kier molecular flexibility index (Phi) is 7.73. The summed E-state index contributed by atoms with van der Waals surface area (Å²) in [5.74, 6) is -1.78. The van der Waals surface area contributed by atoms with Gasteiger partial charge in [-0.2, -0.15) is 0 Å². The minimum absolute atomic E-state index is 0.00235. The molecule has 1 unspecified atom stereocenters. The van der Waals surface area contributed by atoms with Crippen LogP contribution in [0.4, 0.5) is 4.79 Å². The standard InChI is InChI=1S/C28H34N2O5/c1-19(26(32)33)17-29-25(31)13-16-28(14-7-2-8-15-28)30-27(34)35-18-24-22-11-5-3-9-20(22)21-10-4-6-12-23(21)24/h3-6,9-12,19,24H,2,7-8,13-18H2,1H3,(H,29,31)(H,30,34)(H,32,33). The largest absolute Gasteiger partial charge is 0.481 e. The lowest BCUT2D eigenvalue weighted by Crippen LogP contribution is -2.50. The van der Waals surface area contributed by atoms with Gasteiger partial charge in [0.2, 0.25) is 5.91 Å². The molecule has 3 N–H and O–H groups in total. The first-order chi connectivity index (χ1) is 16.9. The van der Waals surface area contributed by atoms with Crippen molar-refractivity contribution in [3.05, 3.63) is 59.7 Å². The normalized spacial score (nSPS) is 17.1. The Bertz CT molecular complexity index is 1030. The molecule has 2 amide bonds. The highest BCUT2D eigenvalue weighted by Gasteiger charge is 2.35. The maximum Gasteiger partial charge on any atom is 0.407 e. The van der Waals surface area contributed by atoms with E-state index in [2.05, 4.69) is 34.9 Å². The molecule has 4 rings (SSSR count). The molecule has 0 saturated heterocycles. The van der Waals surface area contributed by atoms with Gasteiger partial charge in [0, 0.05) is 24.4 Å². The van der Waals surface area contributed by atoms with E-state index in [1.54, 1.807) is 6.92 Å². The van der Waals surface area contributed by atoms with Crippen LogP contribution in [0, 0.1) is 5.92 Å². The number of carbonyl (C=O) groups is 3. The summed E-state index contributed by atoms with van der Waals surface area (Å²) < 4.78 is 5.76. The summed E-state index contributed by atoms with van der Waals surface area (Å²) >= 11 is 0. The fraction of sp³-hybridized carbons (Fsp3) is 0.464. The number of carboxylic acids is 1. The van der Waals surface area contributed by atoms with E-state index in [0.29, 0.717) is 6.42 Å². The number of rotatable bonds is 9. The average molecular weight is 479 g/mol. The molecular weight excluding hydrogens is 444 g/mol. The van der Waals surface area contributed by atoms with E-state index >= 15 is 0 Å². The van der Waals surface area contributed by atoms with Crippen LogP contribution in [0.3, 0.4) is 0 Å². The van der Waals surface area contributed by atoms with Gasteiger partial charge in [-0.25, -0.2) is 4.79 Å². The summed E-state index contributed by atoms with van der Waals surface area (Å²) in [4.78, 5) is 36.2. The minimum Gasteiger partial charge on any atom is -0.481 e. The Balaban J connectivity index is 1.35. The van der Waals surface area contributed by atoms with Crippen molar-refractivity contribution >= 4 is 18.0 Å². The zero-order valence-electron chi connectivity index (χ0n) is 20.2. The van der Waals surface area contributed by atoms with Crippen LogP contribution in [0.2, 0.25) is 0 Å². The Morgan fingerprint density at radius 2 is 1.60 bits per heavy atom. The van der Waals surface area contributed by atoms with Crippen molar-refractivity contribution in [1.29, 1.82) is 0 Å². The van der Waals surface area contributed by atoms with Crippen molar-refractivity contribution in [3.8, 4) is 11.1 Å². The van der Waals surface area contributed by atoms with Crippen molar-refractivity contribution in [2.45, 2.75) is 63.3 Å². The number of benzene rings is 2. The number of hydrogen-bond acceptors (Lipinski definition) is 4. The predicted molar refractivity (Wildman–Crippen MR) is 133 cm³/mol. The average Bonchev–Trinajstić information content (AvgIpc) is 3.19. The summed E-state index contributed by atoms with van der Waals surface area (Å²) in [6, 6.07) is 16.5. The van der Waals surface area contributed by atoms with Crippen LogP contribution < -0.4 is 10.6 Å². The van der Waals surface area contributed by atoms with Crippen LogP contribution in [0.5, 0.6) is 0 Å². The fourth-order valence-electron chi connectivity index (χ4n) is 5.31. The fourth-order valence-corrected chi connectivity index (χ4v) is 5.31. The maximum atomic E-state index is 12.9. The third-order valence-electron chi connectivity index (χ3n) is 7.38. The lowest BCUT2D eigenvalue weighted by Gasteiger charge is -2.38. The number of carboxylic acid groups (broad SMARTS) is 1. The molecule has 2 aliphatic rings. The number of aliphatic carboxylic acids is 1. The highest BCUT2D eigenvalue weighted by Crippen LogP contribution is 2.44. The molecule has 0 heterocycles. The lowest BCUT2D eigenvalue weighted by molar-refractivity contribution is -0.141. The van der Waals surface area contributed by atoms with Crippen LogP contribution in [0.25, 0.3) is 11.1 Å². The van der Waals surface area contributed by atoms with E-state index < -0.39 is 23.5 Å². The second-order valence-corrected chi connectivity index (χ2v) is 9.83. The SMILES string of the molecule is CC(CNC(=O)CCC1(NC(=O)OCC2c3ccccc3-c3ccccc32)CCCCC1)C(=O)O. The van der Waals surface area contributed by atoms with E-state index in [1.165, 1.54) is 22.3 Å². The molecule has 0 aliphatic heterocycles. The van der Waals surface area contributed by atoms with Crippen LogP contribution >= 0.6 is 0 Å². The molecular formula is C28H34N2O5. The first kappa shape index (κ1) is 24.8. The zero-order chi connectivity index (χ0) is 24.8. The molecule has 1 fully saturated rings. The molecule has 0 radical (unpaired) electrons. The zero-order valence-corrected chi connectivity index (χ0v) is 20.2. The highest BCUT2D eigenvalue weighted by atomic mass is 16.5. The Morgan fingerprint density at radius 1 is 1.00 bits per heavy atom. The maximum absolute atomic E-state index is 12.9. The number of nitrogens with one attached hydrogen (secondary N) is 2. The second-order valence-electron chi connectivity index (χ2n) is 9.83. The van der Waals surface area contributed by atoms with E-state index in [-0.39, 0.29) is 31.4 Å². The summed E-state index contributed by atoms with van der Waals surface area (Å²) in [5.41, 5.74) is 4.23. The van der Waals surface area contributed by atoms with Gasteiger partial charge in [-0.05, 0) is 41.5 Å². The second kappa shape index (κ2) is 10.9. The van der Waals surface area contributed by atoms with Gasteiger partial charge in [-0.15, -0.1) is 0 Å². The molecule has 2 aromatic rings. The predicted octanol–water partition coefficient (Wildman–Crippen LogP) is 4.85. The number of hydrogen-bond donors (Lipinski definition) is 3. The van der Waals surface area contributed by atoms with Crippen molar-refractivity contribution in [1.82, 2.24) is 10.6 Å². The van der Waals surface area contributed by atoms with E-state index in [0.717, 1.165) is 32.1 Å². The minimum atomic E-state index is -0.939. The van der Waals surface area contributed by atoms with Gasteiger partial charge in [0.25, 0.3) is 0 Å². The molecule has 0 bridgehead atoms. The van der Waals surface area contributed by atoms with Gasteiger partial charge in [-0.1, -0.05) is 74.7 Å². The summed E-state index contributed by atoms with van der Waals surface area (Å²) in [6.45, 7) is 1.91. The highest BCUT2D eigenvalue weighted by molar-refractivity contribution is 5.79. The molecule has 186 valence electrons. The molecule has 7 nitrogen and oxygen atoms in total. The van der Waals surface area contributed by atoms with E-state index in [4.69, 9.17) is 9.84 Å². The number of amides is 2. The number of alkyl carbamates (subject to hydrolysis) is 1. The van der Waals surface area contributed by atoms with Gasteiger partial charge >= 0.3 is 12.1 Å². The molecule has 7 heteroatoms. The van der Waals surface area contributed by atoms with Crippen molar-refractivity contribution in [3.63, 3.8) is 0 Å². The Morgan fingerprint density at radius 3 is 2.20 bits per heavy atom. The molecule has 1 atom stereocenters. The van der Waals surface area contributed by atoms with Gasteiger partial charge in [-0.3, -0.25) is 9.59 Å². The van der Waals surface area contributed by atoms with Crippen molar-refractivity contribution < 1.29 is 24.2 Å². The molecule has 0 spiro atoms. The van der Waals surface area contributed by atoms with Gasteiger partial charge in [0.1, 0.15) is 6.61 Å². The van der Waals surface area contributed by atoms with Crippen LogP contribution in [0.15, 0.2) is 48.5 Å². The Labute approximate surface area is 206 Å². The Hall–Kier alpha value is -3.35. The van der Waals surface area contributed by atoms with Crippen molar-refractivity contribution in [2.24, 2.45) is 5.92 Å². The number of ether oxygens (including phenoxy) is 1. The third kappa shape index (κ3) is 5.84. The van der Waals surface area contributed by atoms with Crippen molar-refractivity contribution in [2.75, 3.05) is 13.2 Å². The summed E-state index contributed by atoms with van der Waals surface area (Å²) in [7, 11) is 0. The number of fused-ring (bicyclic) bond motifs is 3. The van der Waals surface area contributed by atoms with Crippen LogP contribution in [-0.4, -0.2) is 41.8 Å². The molecule has 2 aromatic carbocycles. The summed E-state index contributed by atoms with van der Waals surface area (Å²) in [6.07, 6.45) is 4.97. The van der Waals surface area contributed by atoms with Crippen LogP contribution in [0.1, 0.15) is 68.9 Å². The van der Waals surface area contributed by atoms with E-state index in [9.17, 15) is 14.4 Å². The molecule has 35 heavy (non-hydrogen) atoms. The molecule has 1 saturated carbocycles. The smallest absolute Gasteiger partial charge is 0.407 e. The van der Waals surface area contributed by atoms with Gasteiger partial charge < -0.3 is 20.5 Å². The van der Waals surface area contributed by atoms with Gasteiger partial charge in [0.15, 0.2) is 0 Å². The first-order valence-corrected chi connectivity index (χ1v) is 12.5. The van der Waals surface area contributed by atoms with Crippen LogP contribution in [-0.2, 0) is 14.3 Å². The van der Waals surface area contributed by atoms with Gasteiger partial charge in [0.05, 0.1) is 5.92 Å². The third-order valence-corrected chi connectivity index (χ3v) is 7.38. The summed E-state index contributed by atoms with van der Waals surface area (Å²) in [5, 5.41) is 14.8. The lowest BCUT2D eigenvalue weighted by atomic mass is 9.78. The number of carbonyl (C=O) groups excluding carboxylic acids is 2.